The van der Waals surface area contributed by atoms with Crippen LogP contribution in [0.3, 0.4) is 0 Å². The largest absolute Gasteiger partial charge is 0.338 e. The maximum Gasteiger partial charge on any atom is 0.338 e. The van der Waals surface area contributed by atoms with Crippen LogP contribution in [-0.2, 0) is 0 Å². The van der Waals surface area contributed by atoms with E-state index in [2.05, 4.69) is 5.32 Å². The van der Waals surface area contributed by atoms with Gasteiger partial charge < -0.3 is 5.32 Å². The summed E-state index contributed by atoms with van der Waals surface area (Å²) in [5, 5.41) is 10.4. The van der Waals surface area contributed by atoms with Crippen LogP contribution in [0.15, 0.2) is 0 Å². The minimum absolute atomic E-state index is 0.405. The van der Waals surface area contributed by atoms with Crippen molar-refractivity contribution in [3.05, 3.63) is 0 Å². The Hall–Kier alpha value is -0.770. The highest BCUT2D eigenvalue weighted by Gasteiger charge is 1.96. The molecule has 0 rings (SSSR count). The third-order valence-electron chi connectivity index (χ3n) is 0.772. The first-order valence-corrected chi connectivity index (χ1v) is 2.84. The molecule has 0 aliphatic carbocycles. The molecule has 0 aromatic carbocycles. The highest BCUT2D eigenvalue weighted by atomic mass is 16.5. The Labute approximate surface area is 54.2 Å². The van der Waals surface area contributed by atoms with E-state index < -0.39 is 6.03 Å². The van der Waals surface area contributed by atoms with E-state index in [9.17, 15) is 4.79 Å². The molecule has 2 amide bonds. The lowest BCUT2D eigenvalue weighted by Crippen LogP contribution is -2.35. The highest BCUT2D eigenvalue weighted by Crippen LogP contribution is 1.85. The summed E-state index contributed by atoms with van der Waals surface area (Å²) >= 11 is 0. The van der Waals surface area contributed by atoms with Gasteiger partial charge in [-0.2, -0.15) is 0 Å². The number of hydrogen-bond acceptors (Lipinski definition) is 2. The third-order valence-corrected chi connectivity index (χ3v) is 0.772. The van der Waals surface area contributed by atoms with Crippen LogP contribution in [0.1, 0.15) is 13.8 Å². The SMILES string of the molecule is CC(C)CNC(=O)NO. The van der Waals surface area contributed by atoms with E-state index in [1.54, 1.807) is 0 Å². The van der Waals surface area contributed by atoms with Crippen LogP contribution in [-0.4, -0.2) is 17.8 Å². The average molecular weight is 132 g/mol. The first-order chi connectivity index (χ1) is 4.16. The van der Waals surface area contributed by atoms with Gasteiger partial charge in [0.1, 0.15) is 0 Å². The van der Waals surface area contributed by atoms with Gasteiger partial charge in [-0.05, 0) is 5.92 Å². The van der Waals surface area contributed by atoms with Crippen LogP contribution in [0.5, 0.6) is 0 Å². The van der Waals surface area contributed by atoms with E-state index in [1.807, 2.05) is 13.8 Å². The quantitative estimate of drug-likeness (QED) is 0.374. The molecule has 0 saturated carbocycles. The van der Waals surface area contributed by atoms with E-state index in [-0.39, 0.29) is 0 Å². The van der Waals surface area contributed by atoms with Crippen LogP contribution in [0.4, 0.5) is 4.79 Å². The van der Waals surface area contributed by atoms with Crippen molar-refractivity contribution in [2.75, 3.05) is 6.54 Å². The molecule has 0 radical (unpaired) electrons. The highest BCUT2D eigenvalue weighted by molar-refractivity contribution is 5.72. The zero-order valence-electron chi connectivity index (χ0n) is 5.64. The molecule has 3 N–H and O–H groups in total. The number of amides is 2. The smallest absolute Gasteiger partial charge is 0.336 e. The molecule has 0 bridgehead atoms. The molecule has 54 valence electrons. The Morgan fingerprint density at radius 3 is 2.56 bits per heavy atom. The lowest BCUT2D eigenvalue weighted by atomic mass is 10.2. The lowest BCUT2D eigenvalue weighted by Gasteiger charge is -2.04. The molecule has 9 heavy (non-hydrogen) atoms. The Morgan fingerprint density at radius 2 is 2.22 bits per heavy atom. The molecule has 0 atom stereocenters. The summed E-state index contributed by atoms with van der Waals surface area (Å²) < 4.78 is 0. The molecule has 4 heteroatoms. The fourth-order valence-electron chi connectivity index (χ4n) is 0.336. The second-order valence-corrected chi connectivity index (χ2v) is 2.22. The second-order valence-electron chi connectivity index (χ2n) is 2.22. The summed E-state index contributed by atoms with van der Waals surface area (Å²) in [6.45, 7) is 4.52. The van der Waals surface area contributed by atoms with Gasteiger partial charge in [0.15, 0.2) is 0 Å². The molecule has 0 aromatic heterocycles. The van der Waals surface area contributed by atoms with Gasteiger partial charge in [0, 0.05) is 6.54 Å². The number of carbonyl (C=O) groups is 1. The van der Waals surface area contributed by atoms with Crippen molar-refractivity contribution in [3.8, 4) is 0 Å². The summed E-state index contributed by atoms with van der Waals surface area (Å²) in [6, 6.07) is -0.552. The van der Waals surface area contributed by atoms with Crippen LogP contribution in [0.2, 0.25) is 0 Å². The van der Waals surface area contributed by atoms with E-state index >= 15 is 0 Å². The molecule has 0 aromatic rings. The number of carbonyl (C=O) groups excluding carboxylic acids is 1. The molecule has 0 fully saturated rings. The summed E-state index contributed by atoms with van der Waals surface area (Å²) in [5.74, 6) is 0.405. The first-order valence-electron chi connectivity index (χ1n) is 2.84. The van der Waals surface area contributed by atoms with Crippen LogP contribution < -0.4 is 10.8 Å². The molecule has 0 spiro atoms. The van der Waals surface area contributed by atoms with Gasteiger partial charge >= 0.3 is 6.03 Å². The molecular weight excluding hydrogens is 120 g/mol. The topological polar surface area (TPSA) is 61.4 Å². The predicted octanol–water partition coefficient (Wildman–Crippen LogP) is 0.331. The maximum absolute atomic E-state index is 10.2. The summed E-state index contributed by atoms with van der Waals surface area (Å²) in [7, 11) is 0. The zero-order valence-corrected chi connectivity index (χ0v) is 5.64. The lowest BCUT2D eigenvalue weighted by molar-refractivity contribution is 0.161. The minimum atomic E-state index is -0.552. The van der Waals surface area contributed by atoms with Crippen LogP contribution in [0.25, 0.3) is 0 Å². The van der Waals surface area contributed by atoms with Gasteiger partial charge in [0.2, 0.25) is 0 Å². The Kier molecular flexibility index (Phi) is 3.79. The summed E-state index contributed by atoms with van der Waals surface area (Å²) in [4.78, 5) is 10.2. The molecule has 0 aliphatic heterocycles. The van der Waals surface area contributed by atoms with E-state index in [0.29, 0.717) is 12.5 Å². The first kappa shape index (κ1) is 8.23. The number of nitrogens with one attached hydrogen (secondary N) is 2. The van der Waals surface area contributed by atoms with Gasteiger partial charge in [-0.15, -0.1) is 0 Å². The van der Waals surface area contributed by atoms with Crippen LogP contribution in [0, 0.1) is 5.92 Å². The number of hydroxylamine groups is 1. The zero-order chi connectivity index (χ0) is 7.28. The third kappa shape index (κ3) is 5.10. The predicted molar refractivity (Wildman–Crippen MR) is 33.2 cm³/mol. The van der Waals surface area contributed by atoms with Crippen molar-refractivity contribution in [2.45, 2.75) is 13.8 Å². The van der Waals surface area contributed by atoms with Gasteiger partial charge in [-0.3, -0.25) is 5.21 Å². The van der Waals surface area contributed by atoms with Gasteiger partial charge in [-0.1, -0.05) is 13.8 Å². The van der Waals surface area contributed by atoms with E-state index in [0.717, 1.165) is 0 Å². The average Bonchev–Trinajstić information content (AvgIpc) is 1.83. The maximum atomic E-state index is 10.2. The second kappa shape index (κ2) is 4.14. The Balaban J connectivity index is 3.17. The van der Waals surface area contributed by atoms with Gasteiger partial charge in [0.25, 0.3) is 0 Å². The minimum Gasteiger partial charge on any atom is -0.336 e. The van der Waals surface area contributed by atoms with Crippen molar-refractivity contribution in [3.63, 3.8) is 0 Å². The molecule has 0 heterocycles. The monoisotopic (exact) mass is 132 g/mol. The van der Waals surface area contributed by atoms with Crippen molar-refractivity contribution in [1.29, 1.82) is 0 Å². The normalized spacial score (nSPS) is 9.33. The Bertz CT molecular complexity index is 93.0. The fourth-order valence-corrected chi connectivity index (χ4v) is 0.336. The van der Waals surface area contributed by atoms with Crippen molar-refractivity contribution in [2.24, 2.45) is 5.92 Å². The number of urea groups is 1. The van der Waals surface area contributed by atoms with E-state index in [4.69, 9.17) is 5.21 Å². The van der Waals surface area contributed by atoms with Crippen LogP contribution >= 0.6 is 0 Å². The number of rotatable bonds is 2. The number of hydrogen-bond donors (Lipinski definition) is 3. The van der Waals surface area contributed by atoms with Crippen molar-refractivity contribution in [1.82, 2.24) is 10.8 Å². The molecule has 0 unspecified atom stereocenters. The van der Waals surface area contributed by atoms with Crippen molar-refractivity contribution >= 4 is 6.03 Å². The summed E-state index contributed by atoms with van der Waals surface area (Å²) in [5.41, 5.74) is 1.47. The fraction of sp³-hybridized carbons (Fsp3) is 0.800. The Morgan fingerprint density at radius 1 is 1.67 bits per heavy atom. The molecule has 4 nitrogen and oxygen atoms in total. The molecule has 0 saturated heterocycles. The molecule has 0 aliphatic rings. The van der Waals surface area contributed by atoms with Crippen molar-refractivity contribution < 1.29 is 10.0 Å². The standard InChI is InChI=1S/C5H12N2O2/c1-4(2)3-6-5(8)7-9/h4,9H,3H2,1-2H3,(H2,6,7,8). The summed E-state index contributed by atoms with van der Waals surface area (Å²) in [6.07, 6.45) is 0. The van der Waals surface area contributed by atoms with E-state index in [1.165, 1.54) is 5.48 Å². The molecular formula is C5H12N2O2. The van der Waals surface area contributed by atoms with Gasteiger partial charge in [-0.25, -0.2) is 10.3 Å². The van der Waals surface area contributed by atoms with Gasteiger partial charge in [0.05, 0.1) is 0 Å².